The number of ether oxygens (including phenoxy) is 2. The van der Waals surface area contributed by atoms with Crippen molar-refractivity contribution in [1.82, 2.24) is 0 Å². The van der Waals surface area contributed by atoms with Gasteiger partial charge in [-0.25, -0.2) is 4.79 Å². The van der Waals surface area contributed by atoms with Crippen molar-refractivity contribution in [1.29, 1.82) is 0 Å². The van der Waals surface area contributed by atoms with Crippen molar-refractivity contribution >= 4 is 52.4 Å². The van der Waals surface area contributed by atoms with Crippen molar-refractivity contribution in [3.8, 4) is 11.5 Å². The number of carbonyl (C=O) groups excluding carboxylic acids is 1. The van der Waals surface area contributed by atoms with E-state index >= 15 is 0 Å². The molecule has 0 aliphatic rings. The SMILES string of the molecule is O=C(COc1ccc(Cl)cc1Cl)Oc1ccc(Cl)cc1Cl. The van der Waals surface area contributed by atoms with Crippen LogP contribution in [0.15, 0.2) is 36.4 Å². The smallest absolute Gasteiger partial charge is 0.349 e. The van der Waals surface area contributed by atoms with Crippen LogP contribution in [0.2, 0.25) is 20.1 Å². The summed E-state index contributed by atoms with van der Waals surface area (Å²) < 4.78 is 10.3. The predicted octanol–water partition coefficient (Wildman–Crippen LogP) is 5.28. The van der Waals surface area contributed by atoms with E-state index in [0.29, 0.717) is 20.8 Å². The summed E-state index contributed by atoms with van der Waals surface area (Å²) in [7, 11) is 0. The van der Waals surface area contributed by atoms with Gasteiger partial charge in [0.15, 0.2) is 6.61 Å². The van der Waals surface area contributed by atoms with Crippen molar-refractivity contribution in [3.05, 3.63) is 56.5 Å². The van der Waals surface area contributed by atoms with E-state index in [1.165, 1.54) is 18.2 Å². The van der Waals surface area contributed by atoms with Crippen LogP contribution in [0.25, 0.3) is 0 Å². The predicted molar refractivity (Wildman–Crippen MR) is 84.1 cm³/mol. The molecule has 0 aliphatic carbocycles. The molecule has 0 saturated carbocycles. The Kier molecular flexibility index (Phi) is 5.59. The molecule has 0 aliphatic heterocycles. The lowest BCUT2D eigenvalue weighted by molar-refractivity contribution is -0.136. The fourth-order valence-electron chi connectivity index (χ4n) is 1.44. The van der Waals surface area contributed by atoms with Gasteiger partial charge in [-0.1, -0.05) is 46.4 Å². The highest BCUT2D eigenvalue weighted by Crippen LogP contribution is 2.29. The molecule has 0 unspecified atom stereocenters. The summed E-state index contributed by atoms with van der Waals surface area (Å²) in [5, 5.41) is 1.46. The van der Waals surface area contributed by atoms with E-state index in [1.54, 1.807) is 18.2 Å². The quantitative estimate of drug-likeness (QED) is 0.545. The number of hydrogen-bond acceptors (Lipinski definition) is 3. The van der Waals surface area contributed by atoms with Gasteiger partial charge in [-0.15, -0.1) is 0 Å². The largest absolute Gasteiger partial charge is 0.480 e. The molecule has 0 aromatic heterocycles. The summed E-state index contributed by atoms with van der Waals surface area (Å²) in [6, 6.07) is 9.21. The molecule has 0 bridgehead atoms. The molecule has 0 saturated heterocycles. The Balaban J connectivity index is 1.96. The highest BCUT2D eigenvalue weighted by atomic mass is 35.5. The second-order valence-corrected chi connectivity index (χ2v) is 5.60. The number of carbonyl (C=O) groups is 1. The zero-order valence-electron chi connectivity index (χ0n) is 10.4. The summed E-state index contributed by atoms with van der Waals surface area (Å²) in [5.41, 5.74) is 0. The lowest BCUT2D eigenvalue weighted by Gasteiger charge is -2.09. The summed E-state index contributed by atoms with van der Waals surface area (Å²) in [6.45, 7) is -0.319. The molecule has 0 N–H and O–H groups in total. The van der Waals surface area contributed by atoms with Gasteiger partial charge >= 0.3 is 5.97 Å². The molecule has 0 radical (unpaired) electrons. The summed E-state index contributed by atoms with van der Waals surface area (Å²) in [6.07, 6.45) is 0. The third-order valence-corrected chi connectivity index (χ3v) is 3.42. The van der Waals surface area contributed by atoms with Crippen LogP contribution in [0.4, 0.5) is 0 Å². The zero-order valence-corrected chi connectivity index (χ0v) is 13.4. The van der Waals surface area contributed by atoms with Crippen LogP contribution in [0, 0.1) is 0 Å². The van der Waals surface area contributed by atoms with Crippen LogP contribution in [0.3, 0.4) is 0 Å². The van der Waals surface area contributed by atoms with Gasteiger partial charge in [0.25, 0.3) is 0 Å². The molecule has 2 rings (SSSR count). The molecule has 3 nitrogen and oxygen atoms in total. The van der Waals surface area contributed by atoms with Crippen molar-refractivity contribution in [2.24, 2.45) is 0 Å². The highest BCUT2D eigenvalue weighted by molar-refractivity contribution is 6.36. The Labute approximate surface area is 141 Å². The molecule has 0 heterocycles. The fourth-order valence-corrected chi connectivity index (χ4v) is 2.35. The van der Waals surface area contributed by atoms with Crippen LogP contribution in [-0.4, -0.2) is 12.6 Å². The van der Waals surface area contributed by atoms with E-state index in [1.807, 2.05) is 0 Å². The molecule has 110 valence electrons. The fraction of sp³-hybridized carbons (Fsp3) is 0.0714. The van der Waals surface area contributed by atoms with Crippen LogP contribution >= 0.6 is 46.4 Å². The van der Waals surface area contributed by atoms with Crippen molar-refractivity contribution in [2.45, 2.75) is 0 Å². The maximum Gasteiger partial charge on any atom is 0.349 e. The first kappa shape index (κ1) is 16.2. The first-order chi connectivity index (χ1) is 9.95. The van der Waals surface area contributed by atoms with E-state index in [2.05, 4.69) is 0 Å². The minimum absolute atomic E-state index is 0.205. The molecular formula is C14H8Cl4O3. The van der Waals surface area contributed by atoms with Gasteiger partial charge in [-0.3, -0.25) is 0 Å². The van der Waals surface area contributed by atoms with Crippen molar-refractivity contribution in [3.63, 3.8) is 0 Å². The lowest BCUT2D eigenvalue weighted by Crippen LogP contribution is -2.18. The van der Waals surface area contributed by atoms with Gasteiger partial charge in [-0.05, 0) is 36.4 Å². The Morgan fingerprint density at radius 3 is 1.90 bits per heavy atom. The standard InChI is InChI=1S/C14H8Cl4O3/c15-8-1-3-12(10(17)5-8)20-7-14(19)21-13-4-2-9(16)6-11(13)18/h1-6H,7H2. The Bertz CT molecular complexity index is 673. The van der Waals surface area contributed by atoms with Crippen LogP contribution in [0.1, 0.15) is 0 Å². The monoisotopic (exact) mass is 364 g/mol. The highest BCUT2D eigenvalue weighted by Gasteiger charge is 2.11. The second kappa shape index (κ2) is 7.23. The van der Waals surface area contributed by atoms with Gasteiger partial charge in [0.2, 0.25) is 0 Å². The molecular weight excluding hydrogens is 358 g/mol. The maximum absolute atomic E-state index is 11.7. The zero-order chi connectivity index (χ0) is 15.4. The number of rotatable bonds is 4. The first-order valence-corrected chi connectivity index (χ1v) is 7.20. The van der Waals surface area contributed by atoms with Crippen molar-refractivity contribution < 1.29 is 14.3 Å². The first-order valence-electron chi connectivity index (χ1n) is 5.69. The third kappa shape index (κ3) is 4.68. The minimum atomic E-state index is -0.620. The van der Waals surface area contributed by atoms with E-state index < -0.39 is 5.97 Å². The average molecular weight is 366 g/mol. The number of hydrogen-bond donors (Lipinski definition) is 0. The van der Waals surface area contributed by atoms with E-state index in [4.69, 9.17) is 55.9 Å². The lowest BCUT2D eigenvalue weighted by atomic mass is 10.3. The molecule has 0 spiro atoms. The molecule has 21 heavy (non-hydrogen) atoms. The van der Waals surface area contributed by atoms with Gasteiger partial charge in [-0.2, -0.15) is 0 Å². The Morgan fingerprint density at radius 1 is 0.857 bits per heavy atom. The Morgan fingerprint density at radius 2 is 1.38 bits per heavy atom. The van der Waals surface area contributed by atoms with E-state index in [0.717, 1.165) is 0 Å². The summed E-state index contributed by atoms with van der Waals surface area (Å²) >= 11 is 23.3. The van der Waals surface area contributed by atoms with E-state index in [-0.39, 0.29) is 17.4 Å². The van der Waals surface area contributed by atoms with Gasteiger partial charge in [0.1, 0.15) is 11.5 Å². The minimum Gasteiger partial charge on any atom is -0.480 e. The average Bonchev–Trinajstić information content (AvgIpc) is 2.41. The Hall–Kier alpha value is -1.13. The molecule has 0 atom stereocenters. The molecule has 7 heteroatoms. The number of halogens is 4. The third-order valence-electron chi connectivity index (χ3n) is 2.36. The molecule has 2 aromatic carbocycles. The van der Waals surface area contributed by atoms with E-state index in [9.17, 15) is 4.79 Å². The number of esters is 1. The topological polar surface area (TPSA) is 35.5 Å². The molecule has 2 aromatic rings. The molecule has 0 fully saturated rings. The van der Waals surface area contributed by atoms with Gasteiger partial charge in [0.05, 0.1) is 10.0 Å². The molecule has 0 amide bonds. The summed E-state index contributed by atoms with van der Waals surface area (Å²) in [4.78, 5) is 11.7. The van der Waals surface area contributed by atoms with Gasteiger partial charge in [0, 0.05) is 10.0 Å². The second-order valence-electron chi connectivity index (χ2n) is 3.91. The van der Waals surface area contributed by atoms with Crippen molar-refractivity contribution in [2.75, 3.05) is 6.61 Å². The normalized spacial score (nSPS) is 10.3. The maximum atomic E-state index is 11.7. The van der Waals surface area contributed by atoms with Crippen LogP contribution in [0.5, 0.6) is 11.5 Å². The van der Waals surface area contributed by atoms with Crippen LogP contribution in [-0.2, 0) is 4.79 Å². The van der Waals surface area contributed by atoms with Crippen LogP contribution < -0.4 is 9.47 Å². The van der Waals surface area contributed by atoms with Gasteiger partial charge < -0.3 is 9.47 Å². The number of benzene rings is 2. The summed E-state index contributed by atoms with van der Waals surface area (Å²) in [5.74, 6) is -0.0812.